The van der Waals surface area contributed by atoms with E-state index in [0.29, 0.717) is 24.9 Å². The Morgan fingerprint density at radius 2 is 1.97 bits per heavy atom. The molecule has 2 aromatic rings. The van der Waals surface area contributed by atoms with Crippen LogP contribution in [-0.4, -0.2) is 59.5 Å². The SMILES string of the molecule is O=C(NCCN1CCCC1)c1ccc2n(c1=O)C[C@H]1C[C@@H]2CN(Cc2ccoc2)C1. The van der Waals surface area contributed by atoms with Gasteiger partial charge in [0.2, 0.25) is 0 Å². The van der Waals surface area contributed by atoms with Crippen molar-refractivity contribution in [2.45, 2.75) is 38.3 Å². The van der Waals surface area contributed by atoms with E-state index in [1.165, 1.54) is 18.4 Å². The second-order valence-electron chi connectivity index (χ2n) is 9.02. The van der Waals surface area contributed by atoms with Crippen LogP contribution in [0.4, 0.5) is 0 Å². The summed E-state index contributed by atoms with van der Waals surface area (Å²) in [6.45, 7) is 7.15. The minimum atomic E-state index is -0.244. The average molecular weight is 411 g/mol. The van der Waals surface area contributed by atoms with Crippen LogP contribution in [0.5, 0.6) is 0 Å². The van der Waals surface area contributed by atoms with Crippen molar-refractivity contribution in [3.05, 3.63) is 57.9 Å². The molecule has 0 aliphatic carbocycles. The summed E-state index contributed by atoms with van der Waals surface area (Å²) < 4.78 is 7.07. The number of amides is 1. The van der Waals surface area contributed by atoms with Crippen LogP contribution in [0.1, 0.15) is 46.8 Å². The van der Waals surface area contributed by atoms with Gasteiger partial charge in [0.15, 0.2) is 0 Å². The number of nitrogens with zero attached hydrogens (tertiary/aromatic N) is 3. The van der Waals surface area contributed by atoms with Crippen LogP contribution in [0.25, 0.3) is 0 Å². The van der Waals surface area contributed by atoms with Crippen LogP contribution < -0.4 is 10.9 Å². The van der Waals surface area contributed by atoms with Crippen molar-refractivity contribution in [1.82, 2.24) is 19.7 Å². The number of carbonyl (C=O) groups is 1. The van der Waals surface area contributed by atoms with E-state index in [0.717, 1.165) is 51.4 Å². The van der Waals surface area contributed by atoms with Gasteiger partial charge in [0.05, 0.1) is 12.5 Å². The number of piperidine rings is 1. The van der Waals surface area contributed by atoms with Gasteiger partial charge >= 0.3 is 0 Å². The van der Waals surface area contributed by atoms with E-state index < -0.39 is 0 Å². The first-order chi connectivity index (χ1) is 14.7. The van der Waals surface area contributed by atoms with Gasteiger partial charge in [-0.3, -0.25) is 14.5 Å². The van der Waals surface area contributed by atoms with Crippen LogP contribution in [0.3, 0.4) is 0 Å². The lowest BCUT2D eigenvalue weighted by molar-refractivity contribution is 0.0942. The molecule has 1 amide bonds. The van der Waals surface area contributed by atoms with Crippen molar-refractivity contribution in [1.29, 1.82) is 0 Å². The van der Waals surface area contributed by atoms with Crippen LogP contribution in [0, 0.1) is 5.92 Å². The Bertz CT molecular complexity index is 946. The zero-order valence-electron chi connectivity index (χ0n) is 17.4. The van der Waals surface area contributed by atoms with Crippen LogP contribution >= 0.6 is 0 Å². The molecule has 1 N–H and O–H groups in total. The van der Waals surface area contributed by atoms with Gasteiger partial charge in [-0.2, -0.15) is 0 Å². The topological polar surface area (TPSA) is 70.7 Å². The first-order valence-electron chi connectivity index (χ1n) is 11.1. The van der Waals surface area contributed by atoms with E-state index in [1.807, 2.05) is 16.7 Å². The molecule has 2 saturated heterocycles. The second kappa shape index (κ2) is 8.40. The molecule has 0 aromatic carbocycles. The quantitative estimate of drug-likeness (QED) is 0.788. The number of aromatic nitrogens is 1. The second-order valence-corrected chi connectivity index (χ2v) is 9.02. The summed E-state index contributed by atoms with van der Waals surface area (Å²) in [5.41, 5.74) is 2.40. The van der Waals surface area contributed by atoms with Crippen molar-refractivity contribution in [3.63, 3.8) is 0 Å². The smallest absolute Gasteiger partial charge is 0.263 e. The van der Waals surface area contributed by atoms with E-state index in [2.05, 4.69) is 15.1 Å². The zero-order chi connectivity index (χ0) is 20.5. The highest BCUT2D eigenvalue weighted by molar-refractivity contribution is 5.93. The molecule has 2 aromatic heterocycles. The third-order valence-electron chi connectivity index (χ3n) is 6.82. The van der Waals surface area contributed by atoms with E-state index in [9.17, 15) is 9.59 Å². The molecule has 0 saturated carbocycles. The Hall–Kier alpha value is -2.38. The Morgan fingerprint density at radius 1 is 1.10 bits per heavy atom. The minimum Gasteiger partial charge on any atom is -0.472 e. The summed E-state index contributed by atoms with van der Waals surface area (Å²) in [6, 6.07) is 5.74. The molecule has 7 nitrogen and oxygen atoms in total. The van der Waals surface area contributed by atoms with Gasteiger partial charge in [0.1, 0.15) is 5.56 Å². The Morgan fingerprint density at radius 3 is 2.77 bits per heavy atom. The molecule has 160 valence electrons. The lowest BCUT2D eigenvalue weighted by Crippen LogP contribution is -2.47. The summed E-state index contributed by atoms with van der Waals surface area (Å²) in [6.07, 6.45) is 7.11. The number of hydrogen-bond acceptors (Lipinski definition) is 5. The third kappa shape index (κ3) is 3.96. The highest BCUT2D eigenvalue weighted by Crippen LogP contribution is 2.35. The van der Waals surface area contributed by atoms with Crippen molar-refractivity contribution in [2.24, 2.45) is 5.92 Å². The summed E-state index contributed by atoms with van der Waals surface area (Å²) in [5, 5.41) is 2.94. The highest BCUT2D eigenvalue weighted by atomic mass is 16.3. The molecule has 2 bridgehead atoms. The van der Waals surface area contributed by atoms with E-state index in [4.69, 9.17) is 4.42 Å². The van der Waals surface area contributed by atoms with Crippen LogP contribution in [0.15, 0.2) is 39.9 Å². The molecule has 3 aliphatic rings. The van der Waals surface area contributed by atoms with E-state index in [1.54, 1.807) is 18.6 Å². The van der Waals surface area contributed by atoms with Crippen molar-refractivity contribution in [2.75, 3.05) is 39.3 Å². The normalized spacial score (nSPS) is 24.0. The lowest BCUT2D eigenvalue weighted by atomic mass is 9.83. The number of carbonyl (C=O) groups excluding carboxylic acids is 1. The maximum absolute atomic E-state index is 13.1. The number of pyridine rings is 1. The van der Waals surface area contributed by atoms with Gasteiger partial charge in [0, 0.05) is 56.4 Å². The number of fused-ring (bicyclic) bond motifs is 4. The fourth-order valence-electron chi connectivity index (χ4n) is 5.42. The molecule has 0 unspecified atom stereocenters. The summed E-state index contributed by atoms with van der Waals surface area (Å²) in [5.74, 6) is 0.533. The van der Waals surface area contributed by atoms with E-state index >= 15 is 0 Å². The van der Waals surface area contributed by atoms with Gasteiger partial charge in [0.25, 0.3) is 11.5 Å². The zero-order valence-corrected chi connectivity index (χ0v) is 17.4. The van der Waals surface area contributed by atoms with Gasteiger partial charge in [-0.25, -0.2) is 0 Å². The first-order valence-corrected chi connectivity index (χ1v) is 11.1. The Labute approximate surface area is 176 Å². The monoisotopic (exact) mass is 410 g/mol. The van der Waals surface area contributed by atoms with Gasteiger partial charge in [-0.05, 0) is 56.5 Å². The largest absolute Gasteiger partial charge is 0.472 e. The highest BCUT2D eigenvalue weighted by Gasteiger charge is 2.35. The standard InChI is InChI=1S/C23H30N4O3/c28-22(24-6-9-25-7-1-2-8-25)20-3-4-21-19-11-18(14-27(21)23(20)29)13-26(15-19)12-17-5-10-30-16-17/h3-5,10,16,18-19H,1-2,6-9,11-15H2,(H,24,28)/t18-,19+/m0/s1. The summed E-state index contributed by atoms with van der Waals surface area (Å²) >= 11 is 0. The fourth-order valence-corrected chi connectivity index (χ4v) is 5.42. The molecule has 0 spiro atoms. The number of furan rings is 1. The van der Waals surface area contributed by atoms with Crippen molar-refractivity contribution < 1.29 is 9.21 Å². The number of nitrogens with one attached hydrogen (secondary N) is 1. The maximum atomic E-state index is 13.1. The molecule has 30 heavy (non-hydrogen) atoms. The molecule has 2 atom stereocenters. The van der Waals surface area contributed by atoms with Gasteiger partial charge < -0.3 is 19.2 Å². The molecule has 2 fully saturated rings. The molecule has 3 aliphatic heterocycles. The summed E-state index contributed by atoms with van der Waals surface area (Å²) in [7, 11) is 0. The number of rotatable bonds is 6. The van der Waals surface area contributed by atoms with Crippen LogP contribution in [0.2, 0.25) is 0 Å². The first kappa shape index (κ1) is 19.6. The molecular weight excluding hydrogens is 380 g/mol. The van der Waals surface area contributed by atoms with E-state index in [-0.39, 0.29) is 17.0 Å². The number of likely N-dealkylation sites (tertiary alicyclic amines) is 2. The third-order valence-corrected chi connectivity index (χ3v) is 6.82. The molecule has 0 radical (unpaired) electrons. The molecule has 5 heterocycles. The van der Waals surface area contributed by atoms with Crippen molar-refractivity contribution >= 4 is 5.91 Å². The predicted molar refractivity (Wildman–Crippen MR) is 114 cm³/mol. The van der Waals surface area contributed by atoms with Crippen molar-refractivity contribution in [3.8, 4) is 0 Å². The van der Waals surface area contributed by atoms with Crippen LogP contribution in [-0.2, 0) is 13.1 Å². The lowest BCUT2D eigenvalue weighted by Gasteiger charge is -2.42. The molecule has 7 heteroatoms. The fraction of sp³-hybridized carbons (Fsp3) is 0.565. The average Bonchev–Trinajstić information content (AvgIpc) is 3.43. The van der Waals surface area contributed by atoms with Gasteiger partial charge in [-0.15, -0.1) is 0 Å². The number of hydrogen-bond donors (Lipinski definition) is 1. The predicted octanol–water partition coefficient (Wildman–Crippen LogP) is 1.89. The van der Waals surface area contributed by atoms with Gasteiger partial charge in [-0.1, -0.05) is 0 Å². The minimum absolute atomic E-state index is 0.135. The molecule has 5 rings (SSSR count). The maximum Gasteiger partial charge on any atom is 0.263 e. The Balaban J connectivity index is 1.27. The summed E-state index contributed by atoms with van der Waals surface area (Å²) in [4.78, 5) is 30.6. The Kier molecular flexibility index (Phi) is 5.48. The molecular formula is C23H30N4O3.